The van der Waals surface area contributed by atoms with Crippen molar-refractivity contribution in [3.8, 4) is 0 Å². The van der Waals surface area contributed by atoms with Crippen LogP contribution in [0.25, 0.3) is 0 Å². The molecule has 0 aliphatic carbocycles. The van der Waals surface area contributed by atoms with E-state index in [0.717, 1.165) is 24.3 Å². The van der Waals surface area contributed by atoms with Crippen molar-refractivity contribution >= 4 is 5.82 Å². The van der Waals surface area contributed by atoms with Crippen LogP contribution in [-0.2, 0) is 0 Å². The van der Waals surface area contributed by atoms with Gasteiger partial charge in [-0.1, -0.05) is 6.07 Å². The molecule has 3 rings (SSSR count). The van der Waals surface area contributed by atoms with Crippen LogP contribution in [0.3, 0.4) is 0 Å². The fourth-order valence-corrected chi connectivity index (χ4v) is 3.27. The molecule has 3 heteroatoms. The van der Waals surface area contributed by atoms with Crippen LogP contribution in [0.15, 0.2) is 18.3 Å². The lowest BCUT2D eigenvalue weighted by Crippen LogP contribution is -2.45. The summed E-state index contributed by atoms with van der Waals surface area (Å²) in [6.07, 6.45) is 4.61. The van der Waals surface area contributed by atoms with Crippen LogP contribution in [0.1, 0.15) is 18.4 Å². The van der Waals surface area contributed by atoms with Crippen molar-refractivity contribution in [2.45, 2.75) is 25.8 Å². The Morgan fingerprint density at radius 1 is 1.24 bits per heavy atom. The molecule has 17 heavy (non-hydrogen) atoms. The van der Waals surface area contributed by atoms with Gasteiger partial charge < -0.3 is 9.80 Å². The zero-order valence-corrected chi connectivity index (χ0v) is 10.8. The SMILES string of the molecule is Cc1ccc(N2CCC3C(CCN3C)C2)nc1. The summed E-state index contributed by atoms with van der Waals surface area (Å²) in [4.78, 5) is 9.54. The van der Waals surface area contributed by atoms with E-state index in [1.807, 2.05) is 6.20 Å². The number of aryl methyl sites for hydroxylation is 1. The highest BCUT2D eigenvalue weighted by Gasteiger charge is 2.36. The van der Waals surface area contributed by atoms with Crippen molar-refractivity contribution < 1.29 is 0 Å². The lowest BCUT2D eigenvalue weighted by molar-refractivity contribution is 0.239. The Kier molecular flexibility index (Phi) is 2.79. The lowest BCUT2D eigenvalue weighted by atomic mass is 9.93. The molecule has 92 valence electrons. The van der Waals surface area contributed by atoms with Crippen LogP contribution < -0.4 is 4.90 Å². The molecule has 2 saturated heterocycles. The van der Waals surface area contributed by atoms with E-state index in [4.69, 9.17) is 0 Å². The molecule has 0 saturated carbocycles. The highest BCUT2D eigenvalue weighted by molar-refractivity contribution is 5.40. The summed E-state index contributed by atoms with van der Waals surface area (Å²) in [6, 6.07) is 5.14. The topological polar surface area (TPSA) is 19.4 Å². The smallest absolute Gasteiger partial charge is 0.128 e. The molecule has 3 heterocycles. The molecule has 2 fully saturated rings. The van der Waals surface area contributed by atoms with Crippen molar-refractivity contribution in [1.29, 1.82) is 0 Å². The van der Waals surface area contributed by atoms with Gasteiger partial charge in [0, 0.05) is 25.3 Å². The largest absolute Gasteiger partial charge is 0.356 e. The van der Waals surface area contributed by atoms with E-state index < -0.39 is 0 Å². The summed E-state index contributed by atoms with van der Waals surface area (Å²) < 4.78 is 0. The van der Waals surface area contributed by atoms with Gasteiger partial charge in [-0.15, -0.1) is 0 Å². The van der Waals surface area contributed by atoms with Crippen molar-refractivity contribution in [3.05, 3.63) is 23.9 Å². The molecular formula is C14H21N3. The molecule has 1 aromatic rings. The van der Waals surface area contributed by atoms with Crippen LogP contribution in [0, 0.1) is 12.8 Å². The molecule has 0 aromatic carbocycles. The van der Waals surface area contributed by atoms with Crippen molar-refractivity contribution in [2.75, 3.05) is 31.6 Å². The Morgan fingerprint density at radius 3 is 2.88 bits per heavy atom. The predicted octanol–water partition coefficient (Wildman–Crippen LogP) is 1.92. The van der Waals surface area contributed by atoms with Gasteiger partial charge in [-0.2, -0.15) is 0 Å². The predicted molar refractivity (Wildman–Crippen MR) is 70.3 cm³/mol. The second-order valence-electron chi connectivity index (χ2n) is 5.53. The normalized spacial score (nSPS) is 29.4. The number of pyridine rings is 1. The number of nitrogens with zero attached hydrogens (tertiary/aromatic N) is 3. The van der Waals surface area contributed by atoms with E-state index in [-0.39, 0.29) is 0 Å². The van der Waals surface area contributed by atoms with Gasteiger partial charge in [-0.25, -0.2) is 4.98 Å². The van der Waals surface area contributed by atoms with Crippen LogP contribution in [0.4, 0.5) is 5.82 Å². The zero-order chi connectivity index (χ0) is 11.8. The number of aromatic nitrogens is 1. The van der Waals surface area contributed by atoms with Gasteiger partial charge in [0.2, 0.25) is 0 Å². The van der Waals surface area contributed by atoms with Crippen LogP contribution in [0.5, 0.6) is 0 Å². The lowest BCUT2D eigenvalue weighted by Gasteiger charge is -2.37. The first-order valence-corrected chi connectivity index (χ1v) is 6.62. The van der Waals surface area contributed by atoms with Gasteiger partial charge in [-0.3, -0.25) is 0 Å². The molecule has 0 amide bonds. The number of hydrogen-bond donors (Lipinski definition) is 0. The molecular weight excluding hydrogens is 210 g/mol. The third kappa shape index (κ3) is 2.04. The average molecular weight is 231 g/mol. The summed E-state index contributed by atoms with van der Waals surface area (Å²) in [5.74, 6) is 2.00. The maximum Gasteiger partial charge on any atom is 0.128 e. The molecule has 0 N–H and O–H groups in total. The van der Waals surface area contributed by atoms with Gasteiger partial charge in [0.1, 0.15) is 5.82 Å². The quantitative estimate of drug-likeness (QED) is 0.736. The molecule has 2 aliphatic rings. The van der Waals surface area contributed by atoms with Crippen molar-refractivity contribution in [2.24, 2.45) is 5.92 Å². The maximum absolute atomic E-state index is 4.55. The molecule has 1 aromatic heterocycles. The van der Waals surface area contributed by atoms with Gasteiger partial charge in [0.25, 0.3) is 0 Å². The van der Waals surface area contributed by atoms with Gasteiger partial charge >= 0.3 is 0 Å². The first kappa shape index (κ1) is 11.0. The van der Waals surface area contributed by atoms with Crippen molar-refractivity contribution in [1.82, 2.24) is 9.88 Å². The third-order valence-electron chi connectivity index (χ3n) is 4.33. The monoisotopic (exact) mass is 231 g/mol. The molecule has 0 bridgehead atoms. The van der Waals surface area contributed by atoms with Gasteiger partial charge in [0.05, 0.1) is 0 Å². The molecule has 2 atom stereocenters. The second kappa shape index (κ2) is 4.30. The first-order valence-electron chi connectivity index (χ1n) is 6.62. The number of fused-ring (bicyclic) bond motifs is 1. The van der Waals surface area contributed by atoms with E-state index >= 15 is 0 Å². The van der Waals surface area contributed by atoms with E-state index in [2.05, 4.69) is 40.9 Å². The second-order valence-corrected chi connectivity index (χ2v) is 5.53. The van der Waals surface area contributed by atoms with Gasteiger partial charge in [-0.05, 0) is 50.9 Å². The Balaban J connectivity index is 1.73. The first-order chi connectivity index (χ1) is 8.24. The average Bonchev–Trinajstić information content (AvgIpc) is 2.72. The van der Waals surface area contributed by atoms with E-state index in [1.165, 1.54) is 31.5 Å². The van der Waals surface area contributed by atoms with E-state index in [9.17, 15) is 0 Å². The maximum atomic E-state index is 4.55. The summed E-state index contributed by atoms with van der Waals surface area (Å²) >= 11 is 0. The van der Waals surface area contributed by atoms with Crippen LogP contribution >= 0.6 is 0 Å². The highest BCUT2D eigenvalue weighted by Crippen LogP contribution is 2.31. The Morgan fingerprint density at radius 2 is 2.12 bits per heavy atom. The van der Waals surface area contributed by atoms with E-state index in [0.29, 0.717) is 0 Å². The number of piperidine rings is 1. The molecule has 0 radical (unpaired) electrons. The van der Waals surface area contributed by atoms with Gasteiger partial charge in [0.15, 0.2) is 0 Å². The zero-order valence-electron chi connectivity index (χ0n) is 10.8. The number of likely N-dealkylation sites (tertiary alicyclic amines) is 1. The summed E-state index contributed by atoms with van der Waals surface area (Å²) in [5, 5.41) is 0. The summed E-state index contributed by atoms with van der Waals surface area (Å²) in [5.41, 5.74) is 1.24. The number of anilines is 1. The number of hydrogen-bond acceptors (Lipinski definition) is 3. The molecule has 3 nitrogen and oxygen atoms in total. The fraction of sp³-hybridized carbons (Fsp3) is 0.643. The molecule has 0 spiro atoms. The van der Waals surface area contributed by atoms with Crippen LogP contribution in [0.2, 0.25) is 0 Å². The Bertz CT molecular complexity index is 387. The molecule has 2 unspecified atom stereocenters. The van der Waals surface area contributed by atoms with Crippen molar-refractivity contribution in [3.63, 3.8) is 0 Å². The molecule has 2 aliphatic heterocycles. The standard InChI is InChI=1S/C14H21N3/c1-11-3-4-14(15-9-11)17-8-6-13-12(10-17)5-7-16(13)2/h3-4,9,12-13H,5-8,10H2,1-2H3. The minimum atomic E-state index is 0.816. The fourth-order valence-electron chi connectivity index (χ4n) is 3.27. The minimum absolute atomic E-state index is 0.816. The Hall–Kier alpha value is -1.09. The van der Waals surface area contributed by atoms with Crippen LogP contribution in [-0.4, -0.2) is 42.6 Å². The third-order valence-corrected chi connectivity index (χ3v) is 4.33. The summed E-state index contributed by atoms with van der Waals surface area (Å²) in [6.45, 7) is 5.70. The highest BCUT2D eigenvalue weighted by atomic mass is 15.2. The number of rotatable bonds is 1. The summed E-state index contributed by atoms with van der Waals surface area (Å²) in [7, 11) is 2.27. The van der Waals surface area contributed by atoms with E-state index in [1.54, 1.807) is 0 Å². The minimum Gasteiger partial charge on any atom is -0.356 e. The Labute approximate surface area is 103 Å².